The number of aryl methyl sites for hydroxylation is 2. The Hall–Kier alpha value is -1.12. The van der Waals surface area contributed by atoms with Crippen LogP contribution in [0, 0.1) is 13.8 Å². The zero-order valence-corrected chi connectivity index (χ0v) is 16.3. The summed E-state index contributed by atoms with van der Waals surface area (Å²) in [5.41, 5.74) is 0.721. The van der Waals surface area contributed by atoms with E-state index in [4.69, 9.17) is 9.15 Å². The molecule has 2 rings (SSSR count). The van der Waals surface area contributed by atoms with E-state index in [1.807, 2.05) is 26.0 Å². The molecule has 0 radical (unpaired) electrons. The van der Waals surface area contributed by atoms with Gasteiger partial charge >= 0.3 is 0 Å². The fraction of sp³-hybridized carbons (Fsp3) is 0.467. The Morgan fingerprint density at radius 2 is 2.00 bits per heavy atom. The fourth-order valence-corrected chi connectivity index (χ4v) is 2.85. The molecule has 0 atom stereocenters. The number of aromatic nitrogens is 1. The molecule has 2 N–H and O–H groups in total. The number of hydrogen-bond acceptors (Lipinski definition) is 6. The van der Waals surface area contributed by atoms with E-state index in [-0.39, 0.29) is 30.7 Å². The highest BCUT2D eigenvalue weighted by atomic mass is 35.5. The molecule has 0 aliphatic carbocycles. The lowest BCUT2D eigenvalue weighted by atomic mass is 10.3. The third-order valence-electron chi connectivity index (χ3n) is 3.02. The monoisotopic (exact) mass is 395 g/mol. The molecular formula is C15H23Cl2N3O3S. The van der Waals surface area contributed by atoms with E-state index in [0.29, 0.717) is 30.3 Å². The fourth-order valence-electron chi connectivity index (χ4n) is 1.91. The molecule has 1 amide bonds. The number of carbonyl (C=O) groups excluding carboxylic acids is 1. The van der Waals surface area contributed by atoms with Crippen molar-refractivity contribution in [3.8, 4) is 10.8 Å². The minimum Gasteiger partial charge on any atom is -0.459 e. The number of rotatable bonds is 8. The van der Waals surface area contributed by atoms with Crippen LogP contribution in [-0.4, -0.2) is 44.2 Å². The first kappa shape index (κ1) is 22.9. The second-order valence-corrected chi connectivity index (χ2v) is 5.84. The van der Waals surface area contributed by atoms with Gasteiger partial charge in [-0.2, -0.15) is 0 Å². The molecule has 6 nitrogen and oxygen atoms in total. The summed E-state index contributed by atoms with van der Waals surface area (Å²) in [7, 11) is 1.66. The average molecular weight is 396 g/mol. The van der Waals surface area contributed by atoms with Crippen molar-refractivity contribution in [3.63, 3.8) is 0 Å². The third kappa shape index (κ3) is 6.41. The van der Waals surface area contributed by atoms with E-state index in [1.165, 1.54) is 11.3 Å². The lowest BCUT2D eigenvalue weighted by molar-refractivity contribution is 0.0957. The molecule has 2 aromatic rings. The Kier molecular flexibility index (Phi) is 10.9. The Morgan fingerprint density at radius 3 is 2.62 bits per heavy atom. The van der Waals surface area contributed by atoms with Gasteiger partial charge < -0.3 is 19.8 Å². The van der Waals surface area contributed by atoms with E-state index in [0.717, 1.165) is 23.0 Å². The summed E-state index contributed by atoms with van der Waals surface area (Å²) in [4.78, 5) is 17.2. The molecule has 0 aromatic carbocycles. The highest BCUT2D eigenvalue weighted by molar-refractivity contribution is 7.17. The molecule has 0 bridgehead atoms. The van der Waals surface area contributed by atoms with Gasteiger partial charge in [0.25, 0.3) is 5.91 Å². The van der Waals surface area contributed by atoms with Crippen LogP contribution in [0.15, 0.2) is 16.5 Å². The molecule has 0 aliphatic heterocycles. The Labute approximate surface area is 158 Å². The number of carbonyl (C=O) groups is 1. The molecule has 2 aromatic heterocycles. The summed E-state index contributed by atoms with van der Waals surface area (Å²) in [5, 5.41) is 6.79. The number of thiazole rings is 1. The first-order valence-electron chi connectivity index (χ1n) is 7.14. The molecule has 0 saturated heterocycles. The van der Waals surface area contributed by atoms with E-state index in [1.54, 1.807) is 7.11 Å². The number of amides is 1. The second kappa shape index (κ2) is 11.4. The lowest BCUT2D eigenvalue weighted by Gasteiger charge is -2.05. The molecule has 2 heterocycles. The van der Waals surface area contributed by atoms with E-state index < -0.39 is 0 Å². The maximum absolute atomic E-state index is 12.2. The van der Waals surface area contributed by atoms with E-state index >= 15 is 0 Å². The smallest absolute Gasteiger partial charge is 0.263 e. The summed E-state index contributed by atoms with van der Waals surface area (Å²) >= 11 is 1.35. The molecule has 0 spiro atoms. The van der Waals surface area contributed by atoms with Gasteiger partial charge in [-0.05, 0) is 26.0 Å². The van der Waals surface area contributed by atoms with Crippen LogP contribution in [-0.2, 0) is 4.74 Å². The third-order valence-corrected chi connectivity index (χ3v) is 4.20. The molecular weight excluding hydrogens is 373 g/mol. The average Bonchev–Trinajstić information content (AvgIpc) is 3.08. The maximum atomic E-state index is 12.2. The Morgan fingerprint density at radius 1 is 1.25 bits per heavy atom. The number of furan rings is 1. The standard InChI is InChI=1S/C15H21N3O3S.2ClH/c1-10-4-5-12(21-10)15-18-11(2)13(22-15)14(19)17-7-6-16-8-9-20-3;;/h4-5,16H,6-9H2,1-3H3,(H,17,19);2*1H. The van der Waals surface area contributed by atoms with Crippen LogP contribution in [0.3, 0.4) is 0 Å². The van der Waals surface area contributed by atoms with E-state index in [2.05, 4.69) is 15.6 Å². The van der Waals surface area contributed by atoms with Crippen molar-refractivity contribution >= 4 is 42.1 Å². The van der Waals surface area contributed by atoms with E-state index in [9.17, 15) is 4.79 Å². The predicted molar refractivity (Wildman–Crippen MR) is 101 cm³/mol. The SMILES string of the molecule is COCCNCCNC(=O)c1sc(-c2ccc(C)o2)nc1C.Cl.Cl. The Bertz CT molecular complexity index is 631. The number of hydrogen-bond donors (Lipinski definition) is 2. The van der Waals surface area contributed by atoms with Crippen molar-refractivity contribution in [1.82, 2.24) is 15.6 Å². The molecule has 0 saturated carbocycles. The first-order valence-corrected chi connectivity index (χ1v) is 7.95. The summed E-state index contributed by atoms with van der Waals surface area (Å²) in [6, 6.07) is 3.76. The summed E-state index contributed by atoms with van der Waals surface area (Å²) < 4.78 is 10.5. The van der Waals surface area contributed by atoms with Crippen LogP contribution in [0.25, 0.3) is 10.8 Å². The highest BCUT2D eigenvalue weighted by Crippen LogP contribution is 2.29. The number of nitrogens with one attached hydrogen (secondary N) is 2. The summed E-state index contributed by atoms with van der Waals surface area (Å²) in [6.45, 7) is 6.42. The highest BCUT2D eigenvalue weighted by Gasteiger charge is 2.17. The predicted octanol–water partition coefficient (Wildman–Crippen LogP) is 2.83. The normalized spacial score (nSPS) is 9.96. The largest absolute Gasteiger partial charge is 0.459 e. The molecule has 136 valence electrons. The molecule has 9 heteroatoms. The van der Waals surface area contributed by atoms with Crippen LogP contribution in [0.2, 0.25) is 0 Å². The second-order valence-electron chi connectivity index (χ2n) is 4.84. The molecule has 24 heavy (non-hydrogen) atoms. The lowest BCUT2D eigenvalue weighted by Crippen LogP contribution is -2.33. The molecule has 0 aliphatic rings. The van der Waals surface area contributed by atoms with Crippen molar-refractivity contribution in [2.24, 2.45) is 0 Å². The van der Waals surface area contributed by atoms with Crippen molar-refractivity contribution < 1.29 is 13.9 Å². The number of halogens is 2. The summed E-state index contributed by atoms with van der Waals surface area (Å²) in [6.07, 6.45) is 0. The maximum Gasteiger partial charge on any atom is 0.263 e. The van der Waals surface area contributed by atoms with Crippen molar-refractivity contribution in [2.75, 3.05) is 33.4 Å². The Balaban J connectivity index is 0.00000264. The van der Waals surface area contributed by atoms with Crippen molar-refractivity contribution in [1.29, 1.82) is 0 Å². The number of ether oxygens (including phenoxy) is 1. The first-order chi connectivity index (χ1) is 10.6. The van der Waals surface area contributed by atoms with Gasteiger partial charge in [-0.15, -0.1) is 36.2 Å². The van der Waals surface area contributed by atoms with Gasteiger partial charge in [0.2, 0.25) is 0 Å². The van der Waals surface area contributed by atoms with Gasteiger partial charge in [0.1, 0.15) is 10.6 Å². The van der Waals surface area contributed by atoms with Gasteiger partial charge in [0.05, 0.1) is 12.3 Å². The van der Waals surface area contributed by atoms with Crippen LogP contribution >= 0.6 is 36.2 Å². The minimum absolute atomic E-state index is 0. The zero-order valence-electron chi connectivity index (χ0n) is 13.9. The van der Waals surface area contributed by atoms with Gasteiger partial charge in [0.15, 0.2) is 10.8 Å². The summed E-state index contributed by atoms with van der Waals surface area (Å²) in [5.74, 6) is 1.43. The van der Waals surface area contributed by atoms with Gasteiger partial charge in [-0.3, -0.25) is 4.79 Å². The molecule has 0 fully saturated rings. The van der Waals surface area contributed by atoms with Crippen molar-refractivity contribution in [2.45, 2.75) is 13.8 Å². The van der Waals surface area contributed by atoms with Crippen molar-refractivity contribution in [3.05, 3.63) is 28.5 Å². The number of methoxy groups -OCH3 is 1. The van der Waals surface area contributed by atoms with Crippen LogP contribution in [0.4, 0.5) is 0 Å². The zero-order chi connectivity index (χ0) is 15.9. The van der Waals surface area contributed by atoms with Crippen LogP contribution < -0.4 is 10.6 Å². The minimum atomic E-state index is -0.0990. The van der Waals surface area contributed by atoms with Gasteiger partial charge in [-0.1, -0.05) is 0 Å². The number of nitrogens with zero attached hydrogens (tertiary/aromatic N) is 1. The quantitative estimate of drug-likeness (QED) is 0.671. The van der Waals surface area contributed by atoms with Crippen LogP contribution in [0.5, 0.6) is 0 Å². The van der Waals surface area contributed by atoms with Gasteiger partial charge in [-0.25, -0.2) is 4.98 Å². The van der Waals surface area contributed by atoms with Crippen LogP contribution in [0.1, 0.15) is 21.1 Å². The van der Waals surface area contributed by atoms with Gasteiger partial charge in [0, 0.05) is 26.7 Å². The molecule has 0 unspecified atom stereocenters. The topological polar surface area (TPSA) is 76.4 Å².